The summed E-state index contributed by atoms with van der Waals surface area (Å²) in [6.45, 7) is 0. The fourth-order valence-corrected chi connectivity index (χ4v) is 3.94. The Balaban J connectivity index is 1.69. The van der Waals surface area contributed by atoms with E-state index in [0.717, 1.165) is 4.90 Å². The molecule has 130 valence electrons. The molecule has 2 aromatic rings. The molecule has 3 rings (SSSR count). The van der Waals surface area contributed by atoms with Crippen LogP contribution in [-0.4, -0.2) is 24.2 Å². The molecular weight excluding hydrogens is 383 g/mol. The van der Waals surface area contributed by atoms with Crippen molar-refractivity contribution in [1.82, 2.24) is 0 Å². The van der Waals surface area contributed by atoms with Gasteiger partial charge in [-0.05, 0) is 36.4 Å². The minimum absolute atomic E-state index is 0.0199. The molecule has 0 bridgehead atoms. The molecule has 2 aromatic carbocycles. The Morgan fingerprint density at radius 2 is 2.08 bits per heavy atom. The maximum atomic E-state index is 12.3. The summed E-state index contributed by atoms with van der Waals surface area (Å²) in [4.78, 5) is 25.4. The molecule has 0 saturated heterocycles. The number of carbonyl (C=O) groups is 2. The maximum Gasteiger partial charge on any atom is 0.238 e. The first-order valence-electron chi connectivity index (χ1n) is 7.36. The number of methoxy groups -OCH3 is 1. The van der Waals surface area contributed by atoms with Crippen LogP contribution in [0.5, 0.6) is 5.75 Å². The predicted octanol–water partition coefficient (Wildman–Crippen LogP) is 4.44. The number of amides is 2. The lowest BCUT2D eigenvalue weighted by Crippen LogP contribution is -2.32. The van der Waals surface area contributed by atoms with Gasteiger partial charge in [-0.3, -0.25) is 9.59 Å². The van der Waals surface area contributed by atoms with E-state index in [1.165, 1.54) is 11.8 Å². The monoisotopic (exact) mass is 396 g/mol. The summed E-state index contributed by atoms with van der Waals surface area (Å²) in [7, 11) is 1.58. The van der Waals surface area contributed by atoms with E-state index in [9.17, 15) is 9.59 Å². The number of halogens is 2. The van der Waals surface area contributed by atoms with Crippen LogP contribution >= 0.6 is 35.0 Å². The van der Waals surface area contributed by atoms with E-state index in [4.69, 9.17) is 27.9 Å². The second-order valence-corrected chi connectivity index (χ2v) is 7.42. The molecule has 2 amide bonds. The maximum absolute atomic E-state index is 12.3. The molecule has 0 aromatic heterocycles. The van der Waals surface area contributed by atoms with Gasteiger partial charge in [0.15, 0.2) is 0 Å². The molecule has 0 aliphatic carbocycles. The van der Waals surface area contributed by atoms with Gasteiger partial charge in [0.2, 0.25) is 11.8 Å². The van der Waals surface area contributed by atoms with Gasteiger partial charge in [0.05, 0.1) is 28.8 Å². The van der Waals surface area contributed by atoms with Crippen LogP contribution in [0.2, 0.25) is 10.0 Å². The van der Waals surface area contributed by atoms with Crippen LogP contribution in [0, 0.1) is 0 Å². The average Bonchev–Trinajstić information content (AvgIpc) is 2.57. The van der Waals surface area contributed by atoms with E-state index in [1.54, 1.807) is 37.4 Å². The lowest BCUT2D eigenvalue weighted by Gasteiger charge is -2.24. The van der Waals surface area contributed by atoms with Crippen molar-refractivity contribution in [2.24, 2.45) is 0 Å². The van der Waals surface area contributed by atoms with Crippen LogP contribution in [0.25, 0.3) is 0 Å². The third kappa shape index (κ3) is 4.21. The summed E-state index contributed by atoms with van der Waals surface area (Å²) in [6, 6.07) is 10.2. The van der Waals surface area contributed by atoms with Gasteiger partial charge in [-0.1, -0.05) is 23.2 Å². The van der Waals surface area contributed by atoms with E-state index in [0.29, 0.717) is 27.2 Å². The van der Waals surface area contributed by atoms with Gasteiger partial charge in [-0.25, -0.2) is 0 Å². The Morgan fingerprint density at radius 3 is 2.80 bits per heavy atom. The van der Waals surface area contributed by atoms with Crippen LogP contribution in [0.3, 0.4) is 0 Å². The Hall–Kier alpha value is -1.89. The summed E-state index contributed by atoms with van der Waals surface area (Å²) in [6.07, 6.45) is 0.0199. The smallest absolute Gasteiger partial charge is 0.238 e. The molecule has 8 heteroatoms. The number of hydrogen-bond donors (Lipinski definition) is 2. The predicted molar refractivity (Wildman–Crippen MR) is 101 cm³/mol. The first-order chi connectivity index (χ1) is 12.0. The summed E-state index contributed by atoms with van der Waals surface area (Å²) in [5.41, 5.74) is 1.17. The van der Waals surface area contributed by atoms with Crippen LogP contribution in [0.15, 0.2) is 41.3 Å². The number of rotatable bonds is 4. The standard InChI is InChI=1S/C17H14Cl2N2O3S/c1-24-10-3-5-13-14(7-10)25-15(17(23)21-13)8-16(22)20-12-4-2-9(18)6-11(12)19/h2-7,15H,8H2,1H3,(H,20,22)(H,21,23). The molecule has 0 spiro atoms. The second-order valence-electron chi connectivity index (χ2n) is 5.33. The highest BCUT2D eigenvalue weighted by Gasteiger charge is 2.29. The number of hydrogen-bond acceptors (Lipinski definition) is 4. The average molecular weight is 397 g/mol. The third-order valence-electron chi connectivity index (χ3n) is 3.58. The van der Waals surface area contributed by atoms with E-state index in [1.807, 2.05) is 6.07 Å². The highest BCUT2D eigenvalue weighted by molar-refractivity contribution is 8.01. The molecule has 1 aliphatic heterocycles. The fraction of sp³-hybridized carbons (Fsp3) is 0.176. The Bertz CT molecular complexity index is 845. The zero-order chi connectivity index (χ0) is 18.0. The third-order valence-corrected chi connectivity index (χ3v) is 5.39. The van der Waals surface area contributed by atoms with E-state index >= 15 is 0 Å². The molecule has 1 heterocycles. The Morgan fingerprint density at radius 1 is 1.28 bits per heavy atom. The van der Waals surface area contributed by atoms with Crippen molar-refractivity contribution in [1.29, 1.82) is 0 Å². The van der Waals surface area contributed by atoms with E-state index in [2.05, 4.69) is 10.6 Å². The molecule has 1 aliphatic rings. The molecule has 0 saturated carbocycles. The molecule has 0 radical (unpaired) electrons. The van der Waals surface area contributed by atoms with Crippen molar-refractivity contribution < 1.29 is 14.3 Å². The van der Waals surface area contributed by atoms with Gasteiger partial charge in [-0.15, -0.1) is 11.8 Å². The van der Waals surface area contributed by atoms with Crippen molar-refractivity contribution in [2.45, 2.75) is 16.6 Å². The quantitative estimate of drug-likeness (QED) is 0.800. The lowest BCUT2D eigenvalue weighted by molar-refractivity contribution is -0.120. The van der Waals surface area contributed by atoms with Crippen molar-refractivity contribution in [3.63, 3.8) is 0 Å². The first kappa shape index (κ1) is 17.9. The van der Waals surface area contributed by atoms with E-state index < -0.39 is 5.25 Å². The molecule has 2 N–H and O–H groups in total. The minimum Gasteiger partial charge on any atom is -0.497 e. The van der Waals surface area contributed by atoms with E-state index in [-0.39, 0.29) is 18.2 Å². The van der Waals surface area contributed by atoms with Crippen molar-refractivity contribution in [3.8, 4) is 5.75 Å². The topological polar surface area (TPSA) is 67.4 Å². The first-order valence-corrected chi connectivity index (χ1v) is 9.00. The van der Waals surface area contributed by atoms with Crippen molar-refractivity contribution in [3.05, 3.63) is 46.4 Å². The van der Waals surface area contributed by atoms with Crippen molar-refractivity contribution in [2.75, 3.05) is 17.7 Å². The van der Waals surface area contributed by atoms with Crippen LogP contribution in [-0.2, 0) is 9.59 Å². The van der Waals surface area contributed by atoms with Gasteiger partial charge in [-0.2, -0.15) is 0 Å². The number of benzene rings is 2. The summed E-state index contributed by atoms with van der Waals surface area (Å²) < 4.78 is 5.19. The summed E-state index contributed by atoms with van der Waals surface area (Å²) in [5, 5.41) is 5.80. The van der Waals surface area contributed by atoms with Gasteiger partial charge in [0.25, 0.3) is 0 Å². The minimum atomic E-state index is -0.536. The van der Waals surface area contributed by atoms with Gasteiger partial charge in [0.1, 0.15) is 5.75 Å². The number of ether oxygens (including phenoxy) is 1. The molecule has 0 fully saturated rings. The number of thioether (sulfide) groups is 1. The zero-order valence-electron chi connectivity index (χ0n) is 13.1. The fourth-order valence-electron chi connectivity index (χ4n) is 2.35. The highest BCUT2D eigenvalue weighted by Crippen LogP contribution is 2.39. The number of nitrogens with one attached hydrogen (secondary N) is 2. The number of carbonyl (C=O) groups excluding carboxylic acids is 2. The summed E-state index contributed by atoms with van der Waals surface area (Å²) >= 11 is 13.2. The molecule has 25 heavy (non-hydrogen) atoms. The SMILES string of the molecule is COc1ccc2c(c1)SC(CC(=O)Nc1ccc(Cl)cc1Cl)C(=O)N2. The van der Waals surface area contributed by atoms with Crippen LogP contribution < -0.4 is 15.4 Å². The largest absolute Gasteiger partial charge is 0.497 e. The normalized spacial score (nSPS) is 16.0. The van der Waals surface area contributed by atoms with Gasteiger partial charge in [0, 0.05) is 16.3 Å². The molecule has 5 nitrogen and oxygen atoms in total. The van der Waals surface area contributed by atoms with Gasteiger partial charge >= 0.3 is 0 Å². The highest BCUT2D eigenvalue weighted by atomic mass is 35.5. The van der Waals surface area contributed by atoms with Crippen LogP contribution in [0.4, 0.5) is 11.4 Å². The molecule has 1 atom stereocenters. The molecule has 1 unspecified atom stereocenters. The van der Waals surface area contributed by atoms with Crippen LogP contribution in [0.1, 0.15) is 6.42 Å². The zero-order valence-corrected chi connectivity index (χ0v) is 15.5. The Kier molecular flexibility index (Phi) is 5.42. The Labute approximate surface area is 159 Å². The van der Waals surface area contributed by atoms with Gasteiger partial charge < -0.3 is 15.4 Å². The summed E-state index contributed by atoms with van der Waals surface area (Å²) in [5.74, 6) is 0.182. The number of anilines is 2. The number of fused-ring (bicyclic) bond motifs is 1. The molecular formula is C17H14Cl2N2O3S. The second kappa shape index (κ2) is 7.56. The van der Waals surface area contributed by atoms with Crippen molar-refractivity contribution >= 4 is 58.2 Å². The lowest BCUT2D eigenvalue weighted by atomic mass is 10.2.